The Balaban J connectivity index is 2.45. The minimum atomic E-state index is -5.95. The zero-order valence-corrected chi connectivity index (χ0v) is 14.9. The number of ketones is 1. The number of aryl methyl sites for hydroxylation is 1. The summed E-state index contributed by atoms with van der Waals surface area (Å²) in [7, 11) is -5.95. The number of halogens is 3. The molecule has 8 nitrogen and oxygen atoms in total. The Morgan fingerprint density at radius 2 is 2.00 bits per heavy atom. The van der Waals surface area contributed by atoms with E-state index in [1.807, 2.05) is 0 Å². The van der Waals surface area contributed by atoms with Crippen LogP contribution in [-0.2, 0) is 26.0 Å². The summed E-state index contributed by atoms with van der Waals surface area (Å²) >= 11 is 0. The van der Waals surface area contributed by atoms with Crippen molar-refractivity contribution in [3.63, 3.8) is 0 Å². The molecule has 27 heavy (non-hydrogen) atoms. The number of rotatable bonds is 5. The predicted octanol–water partition coefficient (Wildman–Crippen LogP) is 3.10. The molecule has 0 heterocycles. The fourth-order valence-electron chi connectivity index (χ4n) is 2.60. The molecule has 0 fully saturated rings. The van der Waals surface area contributed by atoms with Crippen molar-refractivity contribution in [1.82, 2.24) is 0 Å². The van der Waals surface area contributed by atoms with Crippen LogP contribution in [0.15, 0.2) is 34.0 Å². The zero-order chi connectivity index (χ0) is 20.3. The summed E-state index contributed by atoms with van der Waals surface area (Å²) in [4.78, 5) is 25.4. The van der Waals surface area contributed by atoms with Crippen LogP contribution in [0.25, 0.3) is 5.43 Å². The van der Waals surface area contributed by atoms with E-state index in [-0.39, 0.29) is 25.0 Å². The number of sulfonamides is 1. The molecule has 1 aromatic carbocycles. The molecule has 0 aromatic heterocycles. The van der Waals surface area contributed by atoms with Crippen LogP contribution in [0.1, 0.15) is 35.7 Å². The maximum absolute atomic E-state index is 13.0. The van der Waals surface area contributed by atoms with Gasteiger partial charge in [0.05, 0.1) is 6.61 Å². The molecule has 148 valence electrons. The Labute approximate surface area is 152 Å². The fourth-order valence-corrected chi connectivity index (χ4v) is 2.83. The second-order valence-corrected chi connectivity index (χ2v) is 7.19. The number of hydrogen-bond acceptors (Lipinski definition) is 6. The molecule has 12 heteroatoms. The van der Waals surface area contributed by atoms with Crippen LogP contribution in [0.2, 0.25) is 0 Å². The van der Waals surface area contributed by atoms with E-state index < -0.39 is 32.8 Å². The van der Waals surface area contributed by atoms with Crippen LogP contribution in [0.3, 0.4) is 0 Å². The summed E-state index contributed by atoms with van der Waals surface area (Å²) in [6, 6.07) is 6.35. The summed E-state index contributed by atoms with van der Waals surface area (Å²) in [5.74, 6) is -1.97. The van der Waals surface area contributed by atoms with Gasteiger partial charge in [0.15, 0.2) is 11.3 Å². The predicted molar refractivity (Wildman–Crippen MR) is 86.3 cm³/mol. The minimum absolute atomic E-state index is 0.122. The first-order chi connectivity index (χ1) is 12.5. The quantitative estimate of drug-likeness (QED) is 0.245. The maximum Gasteiger partial charge on any atom is 0.500 e. The van der Waals surface area contributed by atoms with Crippen molar-refractivity contribution in [3.05, 3.63) is 40.8 Å². The van der Waals surface area contributed by atoms with E-state index in [4.69, 9.17) is 4.74 Å². The molecule has 1 aliphatic rings. The number of Topliss-reactive ketones (excluding diaryl/α,β-unsaturated/α-hetero) is 1. The molecule has 2 rings (SSSR count). The zero-order valence-electron chi connectivity index (χ0n) is 14.1. The summed E-state index contributed by atoms with van der Waals surface area (Å²) < 4.78 is 66.1. The van der Waals surface area contributed by atoms with Crippen molar-refractivity contribution in [3.8, 4) is 0 Å². The SMILES string of the molecule is CCOC(=O)C1([N-]/N=N\S(=O)(=O)C(F)(F)F)CCCc2ccccc2C1=O. The standard InChI is InChI=1S/C15H15F3N3O5S/c1-2-26-13(23)14(19-20-21-27(24,25)15(16,17)18)9-5-7-10-6-3-4-8-11(10)12(14)22/h3-4,6,8H,2,5,7,9H2,1H3/q-1. The van der Waals surface area contributed by atoms with Gasteiger partial charge in [0.2, 0.25) is 0 Å². The van der Waals surface area contributed by atoms with E-state index >= 15 is 0 Å². The van der Waals surface area contributed by atoms with Gasteiger partial charge >= 0.3 is 11.5 Å². The number of nitrogens with zero attached hydrogens (tertiary/aromatic N) is 3. The van der Waals surface area contributed by atoms with Crippen LogP contribution in [-0.4, -0.2) is 37.8 Å². The third-order valence-corrected chi connectivity index (χ3v) is 4.76. The highest BCUT2D eigenvalue weighted by molar-refractivity contribution is 7.90. The number of esters is 1. The van der Waals surface area contributed by atoms with Crippen molar-refractivity contribution in [2.75, 3.05) is 6.61 Å². The highest BCUT2D eigenvalue weighted by atomic mass is 32.2. The number of alkyl halides is 3. The second-order valence-electron chi connectivity index (χ2n) is 5.61. The van der Waals surface area contributed by atoms with E-state index in [0.717, 1.165) is 0 Å². The lowest BCUT2D eigenvalue weighted by Gasteiger charge is -2.32. The summed E-state index contributed by atoms with van der Waals surface area (Å²) in [5.41, 5.74) is -3.88. The smallest absolute Gasteiger partial charge is 0.465 e. The third-order valence-electron chi connectivity index (χ3n) is 3.89. The molecular weight excluding hydrogens is 391 g/mol. The topological polar surface area (TPSA) is 116 Å². The molecule has 0 saturated heterocycles. The number of benzene rings is 1. The van der Waals surface area contributed by atoms with Crippen molar-refractivity contribution >= 4 is 21.8 Å². The highest BCUT2D eigenvalue weighted by Crippen LogP contribution is 2.36. The lowest BCUT2D eigenvalue weighted by Crippen LogP contribution is -2.46. The number of carbonyl (C=O) groups is 2. The van der Waals surface area contributed by atoms with Crippen molar-refractivity contribution in [2.45, 2.75) is 37.2 Å². The van der Waals surface area contributed by atoms with Gasteiger partial charge in [-0.15, -0.1) is 0 Å². The molecule has 0 saturated carbocycles. The van der Waals surface area contributed by atoms with Crippen molar-refractivity contribution in [2.24, 2.45) is 9.74 Å². The molecule has 1 unspecified atom stereocenters. The third kappa shape index (κ3) is 4.10. The molecule has 0 radical (unpaired) electrons. The molecule has 1 atom stereocenters. The van der Waals surface area contributed by atoms with Crippen LogP contribution in [0, 0.1) is 0 Å². The Bertz CT molecular complexity index is 870. The maximum atomic E-state index is 13.0. The second kappa shape index (κ2) is 7.62. The molecule has 1 aromatic rings. The Hall–Kier alpha value is -2.50. The normalized spacial score (nSPS) is 20.8. The molecule has 1 aliphatic carbocycles. The molecular formula is C15H15F3N3O5S-. The first-order valence-electron chi connectivity index (χ1n) is 7.80. The first kappa shape index (κ1) is 20.8. The average Bonchev–Trinajstić information content (AvgIpc) is 2.72. The van der Waals surface area contributed by atoms with Crippen LogP contribution >= 0.6 is 0 Å². The van der Waals surface area contributed by atoms with Gasteiger partial charge in [0.1, 0.15) is 0 Å². The lowest BCUT2D eigenvalue weighted by molar-refractivity contribution is -0.146. The number of carbonyl (C=O) groups excluding carboxylic acids is 2. The van der Waals surface area contributed by atoms with Gasteiger partial charge in [-0.05, 0) is 31.7 Å². The van der Waals surface area contributed by atoms with Crippen molar-refractivity contribution < 1.29 is 35.9 Å². The van der Waals surface area contributed by atoms with Gasteiger partial charge in [-0.1, -0.05) is 24.3 Å². The molecule has 0 amide bonds. The number of fused-ring (bicyclic) bond motifs is 1. The van der Waals surface area contributed by atoms with Gasteiger partial charge in [-0.2, -0.15) is 13.2 Å². The van der Waals surface area contributed by atoms with E-state index in [1.54, 1.807) is 18.2 Å². The van der Waals surface area contributed by atoms with E-state index in [0.29, 0.717) is 12.0 Å². The van der Waals surface area contributed by atoms with E-state index in [1.165, 1.54) is 13.0 Å². The largest absolute Gasteiger partial charge is 0.500 e. The van der Waals surface area contributed by atoms with Gasteiger partial charge in [-0.3, -0.25) is 19.3 Å². The Kier molecular flexibility index (Phi) is 5.88. The summed E-state index contributed by atoms with van der Waals surface area (Å²) in [6.07, 6.45) is 0.466. The van der Waals surface area contributed by atoms with Gasteiger partial charge in [0.25, 0.3) is 10.0 Å². The monoisotopic (exact) mass is 406 g/mol. The molecule has 0 aliphatic heterocycles. The average molecular weight is 406 g/mol. The van der Waals surface area contributed by atoms with E-state index in [2.05, 4.69) is 15.2 Å². The van der Waals surface area contributed by atoms with Gasteiger partial charge in [0, 0.05) is 5.56 Å². The van der Waals surface area contributed by atoms with Gasteiger partial charge in [-0.25, -0.2) is 8.42 Å². The number of ether oxygens (including phenoxy) is 1. The van der Waals surface area contributed by atoms with Crippen LogP contribution in [0.5, 0.6) is 0 Å². The lowest BCUT2D eigenvalue weighted by atomic mass is 9.87. The van der Waals surface area contributed by atoms with Gasteiger partial charge < -0.3 is 10.2 Å². The molecule has 0 bridgehead atoms. The summed E-state index contributed by atoms with van der Waals surface area (Å²) in [5, 5.41) is 2.69. The highest BCUT2D eigenvalue weighted by Gasteiger charge is 2.46. The summed E-state index contributed by atoms with van der Waals surface area (Å²) in [6.45, 7) is 1.35. The molecule has 0 N–H and O–H groups in total. The Morgan fingerprint density at radius 3 is 2.63 bits per heavy atom. The fraction of sp³-hybridized carbons (Fsp3) is 0.467. The number of hydrogen-bond donors (Lipinski definition) is 0. The van der Waals surface area contributed by atoms with E-state index in [9.17, 15) is 31.2 Å². The molecule has 0 spiro atoms. The first-order valence-corrected chi connectivity index (χ1v) is 9.24. The Morgan fingerprint density at radius 1 is 1.33 bits per heavy atom. The minimum Gasteiger partial charge on any atom is -0.465 e. The van der Waals surface area contributed by atoms with Crippen LogP contribution in [0.4, 0.5) is 13.2 Å². The van der Waals surface area contributed by atoms with Crippen molar-refractivity contribution in [1.29, 1.82) is 0 Å². The van der Waals surface area contributed by atoms with Crippen LogP contribution < -0.4 is 0 Å².